The molecule has 0 radical (unpaired) electrons. The highest BCUT2D eigenvalue weighted by molar-refractivity contribution is 7.23. The molecule has 3 heteroatoms. The van der Waals surface area contributed by atoms with Crippen LogP contribution in [0, 0.1) is 6.92 Å². The maximum Gasteiger partial charge on any atom is 0.195 e. The Morgan fingerprint density at radius 2 is 1.48 bits per heavy atom. The number of aromatic nitrogens is 2. The fourth-order valence-corrected chi connectivity index (χ4v) is 4.34. The van der Waals surface area contributed by atoms with Crippen molar-refractivity contribution < 1.29 is 0 Å². The van der Waals surface area contributed by atoms with E-state index in [0.717, 1.165) is 16.2 Å². The smallest absolute Gasteiger partial charge is 0.195 e. The van der Waals surface area contributed by atoms with Crippen molar-refractivity contribution in [2.45, 2.75) is 6.92 Å². The van der Waals surface area contributed by atoms with E-state index in [4.69, 9.17) is 4.98 Å². The van der Waals surface area contributed by atoms with Crippen molar-refractivity contribution in [1.29, 1.82) is 0 Å². The highest BCUT2D eigenvalue weighted by atomic mass is 32.1. The number of nitrogens with zero attached hydrogens (tertiary/aromatic N) is 2. The normalized spacial score (nSPS) is 11.4. The summed E-state index contributed by atoms with van der Waals surface area (Å²) in [6, 6.07) is 27.6. The lowest BCUT2D eigenvalue weighted by Crippen LogP contribution is -1.89. The third-order valence-electron chi connectivity index (χ3n) is 4.50. The quantitative estimate of drug-likeness (QED) is 0.374. The van der Waals surface area contributed by atoms with E-state index < -0.39 is 0 Å². The first-order valence-corrected chi connectivity index (χ1v) is 9.15. The zero-order chi connectivity index (χ0) is 16.8. The van der Waals surface area contributed by atoms with Gasteiger partial charge in [0.05, 0.1) is 21.6 Å². The number of benzene rings is 3. The second-order valence-electron chi connectivity index (χ2n) is 6.23. The molecular formula is C22H16N2S. The Kier molecular flexibility index (Phi) is 3.22. The zero-order valence-corrected chi connectivity index (χ0v) is 14.6. The van der Waals surface area contributed by atoms with Gasteiger partial charge in [-0.15, -0.1) is 0 Å². The average molecular weight is 340 g/mol. The molecule has 5 aromatic rings. The Hall–Kier alpha value is -2.91. The van der Waals surface area contributed by atoms with Crippen LogP contribution in [0.2, 0.25) is 0 Å². The molecule has 0 fully saturated rings. The van der Waals surface area contributed by atoms with Crippen LogP contribution >= 0.6 is 11.3 Å². The summed E-state index contributed by atoms with van der Waals surface area (Å²) >= 11 is 1.75. The summed E-state index contributed by atoms with van der Waals surface area (Å²) in [5.74, 6) is 0. The third kappa shape index (κ3) is 2.28. The van der Waals surface area contributed by atoms with Crippen molar-refractivity contribution in [3.8, 4) is 22.5 Å². The predicted molar refractivity (Wildman–Crippen MR) is 106 cm³/mol. The number of hydrogen-bond acceptors (Lipinski definition) is 2. The molecule has 0 spiro atoms. The predicted octanol–water partition coefficient (Wildman–Crippen LogP) is 6.19. The molecule has 2 aromatic heterocycles. The van der Waals surface area contributed by atoms with Crippen molar-refractivity contribution in [2.24, 2.45) is 0 Å². The lowest BCUT2D eigenvalue weighted by Gasteiger charge is -2.06. The molecular weight excluding hydrogens is 324 g/mol. The van der Waals surface area contributed by atoms with Gasteiger partial charge in [0.15, 0.2) is 4.96 Å². The van der Waals surface area contributed by atoms with Crippen LogP contribution in [0.3, 0.4) is 0 Å². The van der Waals surface area contributed by atoms with E-state index in [9.17, 15) is 0 Å². The van der Waals surface area contributed by atoms with Crippen molar-refractivity contribution in [3.63, 3.8) is 0 Å². The van der Waals surface area contributed by atoms with Gasteiger partial charge in [-0.1, -0.05) is 78.1 Å². The second-order valence-corrected chi connectivity index (χ2v) is 7.24. The number of rotatable bonds is 2. The molecule has 0 saturated heterocycles. The summed E-state index contributed by atoms with van der Waals surface area (Å²) in [5.41, 5.74) is 7.04. The number of thiazole rings is 1. The third-order valence-corrected chi connectivity index (χ3v) is 5.52. The number of imidazole rings is 1. The maximum atomic E-state index is 5.01. The van der Waals surface area contributed by atoms with E-state index in [0.29, 0.717) is 0 Å². The van der Waals surface area contributed by atoms with E-state index >= 15 is 0 Å². The highest BCUT2D eigenvalue weighted by Crippen LogP contribution is 2.38. The Labute approximate surface area is 150 Å². The molecule has 0 aliphatic carbocycles. The number of hydrogen-bond donors (Lipinski definition) is 0. The van der Waals surface area contributed by atoms with Crippen LogP contribution in [0.4, 0.5) is 0 Å². The molecule has 0 aliphatic heterocycles. The van der Waals surface area contributed by atoms with E-state index in [2.05, 4.69) is 84.1 Å². The van der Waals surface area contributed by atoms with Crippen LogP contribution < -0.4 is 0 Å². The minimum Gasteiger partial charge on any atom is -0.282 e. The SMILES string of the molecule is Cc1ccc2sc3nc(-c4ccccc4)c(-c4ccccc4)n3c2c1. The first-order valence-electron chi connectivity index (χ1n) is 8.34. The van der Waals surface area contributed by atoms with E-state index in [1.165, 1.54) is 27.0 Å². The van der Waals surface area contributed by atoms with Crippen LogP contribution in [0.15, 0.2) is 78.9 Å². The van der Waals surface area contributed by atoms with Gasteiger partial charge >= 0.3 is 0 Å². The summed E-state index contributed by atoms with van der Waals surface area (Å²) < 4.78 is 3.58. The molecule has 2 nitrogen and oxygen atoms in total. The van der Waals surface area contributed by atoms with E-state index in [1.54, 1.807) is 11.3 Å². The molecule has 0 bridgehead atoms. The van der Waals surface area contributed by atoms with E-state index in [1.807, 2.05) is 6.07 Å². The summed E-state index contributed by atoms with van der Waals surface area (Å²) in [7, 11) is 0. The van der Waals surface area contributed by atoms with Gasteiger partial charge in [-0.3, -0.25) is 4.40 Å². The van der Waals surface area contributed by atoms with Crippen LogP contribution in [0.1, 0.15) is 5.56 Å². The lowest BCUT2D eigenvalue weighted by atomic mass is 10.0. The van der Waals surface area contributed by atoms with Crippen molar-refractivity contribution in [3.05, 3.63) is 84.4 Å². The Balaban J connectivity index is 1.93. The molecule has 0 N–H and O–H groups in total. The average Bonchev–Trinajstić information content (AvgIpc) is 3.19. The Morgan fingerprint density at radius 3 is 2.20 bits per heavy atom. The minimum atomic E-state index is 1.04. The van der Waals surface area contributed by atoms with Crippen LogP contribution in [0.25, 0.3) is 37.7 Å². The van der Waals surface area contributed by atoms with Gasteiger partial charge in [-0.25, -0.2) is 4.98 Å². The second kappa shape index (κ2) is 5.57. The summed E-state index contributed by atoms with van der Waals surface area (Å²) in [6.45, 7) is 2.14. The largest absolute Gasteiger partial charge is 0.282 e. The molecule has 3 aromatic carbocycles. The molecule has 120 valence electrons. The molecule has 5 rings (SSSR count). The van der Waals surface area contributed by atoms with Gasteiger partial charge in [-0.05, 0) is 24.6 Å². The standard InChI is InChI=1S/C22H16N2S/c1-15-12-13-19-18(14-15)24-21(17-10-6-3-7-11-17)20(23-22(24)25-19)16-8-4-2-5-9-16/h2-14H,1H3. The fraction of sp³-hybridized carbons (Fsp3) is 0.0455. The Morgan fingerprint density at radius 1 is 0.800 bits per heavy atom. The van der Waals surface area contributed by atoms with Crippen molar-refractivity contribution in [1.82, 2.24) is 9.38 Å². The van der Waals surface area contributed by atoms with Crippen LogP contribution in [0.5, 0.6) is 0 Å². The summed E-state index contributed by atoms with van der Waals surface area (Å²) in [5, 5.41) is 0. The molecule has 25 heavy (non-hydrogen) atoms. The first kappa shape index (κ1) is 14.4. The Bertz CT molecular complexity index is 1180. The highest BCUT2D eigenvalue weighted by Gasteiger charge is 2.19. The van der Waals surface area contributed by atoms with Gasteiger partial charge in [0.1, 0.15) is 0 Å². The topological polar surface area (TPSA) is 17.3 Å². The maximum absolute atomic E-state index is 5.01. The molecule has 0 amide bonds. The van der Waals surface area contributed by atoms with E-state index in [-0.39, 0.29) is 0 Å². The molecule has 0 saturated carbocycles. The van der Waals surface area contributed by atoms with Gasteiger partial charge in [-0.2, -0.15) is 0 Å². The van der Waals surface area contributed by atoms with Crippen LogP contribution in [-0.4, -0.2) is 9.38 Å². The molecule has 0 aliphatic rings. The summed E-state index contributed by atoms with van der Waals surface area (Å²) in [6.07, 6.45) is 0. The van der Waals surface area contributed by atoms with Crippen molar-refractivity contribution in [2.75, 3.05) is 0 Å². The van der Waals surface area contributed by atoms with Crippen LogP contribution in [-0.2, 0) is 0 Å². The molecule has 2 heterocycles. The molecule has 0 unspecified atom stereocenters. The van der Waals surface area contributed by atoms with Gasteiger partial charge in [0.25, 0.3) is 0 Å². The fourth-order valence-electron chi connectivity index (χ4n) is 3.34. The summed E-state index contributed by atoms with van der Waals surface area (Å²) in [4.78, 5) is 6.05. The molecule has 0 atom stereocenters. The van der Waals surface area contributed by atoms with Crippen molar-refractivity contribution >= 4 is 26.5 Å². The number of aryl methyl sites for hydroxylation is 1. The number of fused-ring (bicyclic) bond motifs is 3. The first-order chi connectivity index (χ1) is 12.3. The van der Waals surface area contributed by atoms with Gasteiger partial charge in [0.2, 0.25) is 0 Å². The monoisotopic (exact) mass is 340 g/mol. The van der Waals surface area contributed by atoms with Gasteiger partial charge in [0, 0.05) is 11.1 Å². The van der Waals surface area contributed by atoms with Gasteiger partial charge < -0.3 is 0 Å². The lowest BCUT2D eigenvalue weighted by molar-refractivity contribution is 1.29. The zero-order valence-electron chi connectivity index (χ0n) is 13.8. The minimum absolute atomic E-state index is 1.04.